The van der Waals surface area contributed by atoms with E-state index >= 15 is 0 Å². The van der Waals surface area contributed by atoms with Crippen molar-refractivity contribution in [1.29, 1.82) is 0 Å². The average molecular weight is 981 g/mol. The Morgan fingerprint density at radius 3 is 1.67 bits per heavy atom. The number of likely N-dealkylation sites (tertiary alicyclic amines) is 2. The van der Waals surface area contributed by atoms with Crippen molar-refractivity contribution >= 4 is 47.1 Å². The van der Waals surface area contributed by atoms with Crippen LogP contribution in [0.3, 0.4) is 0 Å². The maximum atomic E-state index is 13.8. The summed E-state index contributed by atoms with van der Waals surface area (Å²) in [5, 5.41) is 10.1. The maximum absolute atomic E-state index is 13.8. The number of carbonyl (C=O) groups excluding carboxylic acids is 4. The molecule has 2 aromatic heterocycles. The summed E-state index contributed by atoms with van der Waals surface area (Å²) in [6.45, 7) is 8.65. The van der Waals surface area contributed by atoms with Gasteiger partial charge < -0.3 is 24.3 Å². The summed E-state index contributed by atoms with van der Waals surface area (Å²) in [5.74, 6) is 1.44. The monoisotopic (exact) mass is 979 g/mol. The topological polar surface area (TPSA) is 136 Å². The molecular weight excluding hydrogens is 918 g/mol. The highest BCUT2D eigenvalue weighted by atomic mass is 35.5. The Morgan fingerprint density at radius 2 is 1.14 bits per heavy atom. The first-order chi connectivity index (χ1) is 33.4. The van der Waals surface area contributed by atoms with Gasteiger partial charge in [-0.15, -0.1) is 0 Å². The van der Waals surface area contributed by atoms with Crippen LogP contribution in [-0.2, 0) is 17.8 Å². The molecule has 18 heteroatoms. The highest BCUT2D eigenvalue weighted by molar-refractivity contribution is 6.31. The summed E-state index contributed by atoms with van der Waals surface area (Å²) < 4.78 is 8.84. The van der Waals surface area contributed by atoms with Gasteiger partial charge in [-0.1, -0.05) is 53.5 Å². The second-order valence-electron chi connectivity index (χ2n) is 21.0. The zero-order chi connectivity index (χ0) is 47.5. The number of hydrogen-bond donors (Lipinski definition) is 0. The Morgan fingerprint density at radius 1 is 0.623 bits per heavy atom. The molecule has 4 amide bonds. The number of aromatic nitrogens is 4. The number of benzene rings is 2. The van der Waals surface area contributed by atoms with Crippen LogP contribution < -0.4 is 0 Å². The molecular formula is C51H63Cl2N11O5. The number of amides is 4. The second-order valence-corrected chi connectivity index (χ2v) is 21.8. The number of carbonyl (C=O) groups is 4. The molecule has 11 rings (SSSR count). The van der Waals surface area contributed by atoms with E-state index < -0.39 is 0 Å². The minimum atomic E-state index is -0.346. The van der Waals surface area contributed by atoms with Gasteiger partial charge in [0.25, 0.3) is 11.8 Å². The lowest BCUT2D eigenvalue weighted by Crippen LogP contribution is -2.49. The van der Waals surface area contributed by atoms with Gasteiger partial charge in [0, 0.05) is 113 Å². The molecule has 6 heterocycles. The number of rotatable bonds is 10. The van der Waals surface area contributed by atoms with E-state index in [1.54, 1.807) is 17.3 Å². The Labute approximate surface area is 414 Å². The van der Waals surface area contributed by atoms with Gasteiger partial charge in [0.15, 0.2) is 0 Å². The van der Waals surface area contributed by atoms with Crippen molar-refractivity contribution in [1.82, 2.24) is 53.9 Å². The van der Waals surface area contributed by atoms with Crippen LogP contribution in [0.1, 0.15) is 82.0 Å². The molecule has 7 aliphatic rings. The number of fused-ring (bicyclic) bond motifs is 2. The zero-order valence-electron chi connectivity index (χ0n) is 39.6. The van der Waals surface area contributed by atoms with E-state index in [1.807, 2.05) is 45.0 Å². The zero-order valence-corrected chi connectivity index (χ0v) is 41.1. The Balaban J connectivity index is 0.629. The van der Waals surface area contributed by atoms with Crippen LogP contribution in [-0.4, -0.2) is 182 Å². The third-order valence-corrected chi connectivity index (χ3v) is 17.3. The molecule has 4 saturated heterocycles. The predicted molar refractivity (Wildman–Crippen MR) is 260 cm³/mol. The van der Waals surface area contributed by atoms with Crippen molar-refractivity contribution in [3.8, 4) is 0 Å². The molecule has 0 bridgehead atoms. The molecule has 0 N–H and O–H groups in total. The van der Waals surface area contributed by atoms with Crippen molar-refractivity contribution in [2.75, 3.05) is 86.1 Å². The van der Waals surface area contributed by atoms with Crippen molar-refractivity contribution in [2.45, 2.75) is 75.8 Å². The SMILES string of the molecule is CN(Cc1ccc(C2CN(C(=O)c3cnn(C(=O)N4C[C@H]5CC(N(C)Cc6ccccc6Cl)C[C@H]5C4)c3)CCO2)cc1Cl)C1C[C@@H]2CN(C(=O)n3cc(C(=O)N4CCN(C5CC5)CC4)cn3)C[C@@H]2C1. The molecule has 16 nitrogen and oxygen atoms in total. The molecule has 4 aromatic rings. The van der Waals surface area contributed by atoms with Crippen LogP contribution in [0.5, 0.6) is 0 Å². The van der Waals surface area contributed by atoms with Gasteiger partial charge in [-0.25, -0.2) is 9.59 Å². The van der Waals surface area contributed by atoms with Crippen LogP contribution in [0.15, 0.2) is 67.3 Å². The molecule has 366 valence electrons. The summed E-state index contributed by atoms with van der Waals surface area (Å²) >= 11 is 13.4. The van der Waals surface area contributed by atoms with E-state index in [2.05, 4.69) is 51.1 Å². The molecule has 0 spiro atoms. The van der Waals surface area contributed by atoms with E-state index in [9.17, 15) is 19.2 Å². The summed E-state index contributed by atoms with van der Waals surface area (Å²) in [6.07, 6.45) is 12.4. The molecule has 3 unspecified atom stereocenters. The fourth-order valence-electron chi connectivity index (χ4n) is 12.4. The van der Waals surface area contributed by atoms with Crippen LogP contribution in [0.25, 0.3) is 0 Å². The molecule has 3 saturated carbocycles. The van der Waals surface area contributed by atoms with Gasteiger partial charge >= 0.3 is 12.1 Å². The Kier molecular flexibility index (Phi) is 13.1. The second kappa shape index (κ2) is 19.4. The van der Waals surface area contributed by atoms with Crippen molar-refractivity contribution in [2.24, 2.45) is 23.7 Å². The van der Waals surface area contributed by atoms with Crippen molar-refractivity contribution < 1.29 is 23.9 Å². The van der Waals surface area contributed by atoms with E-state index in [4.69, 9.17) is 27.9 Å². The minimum Gasteiger partial charge on any atom is -0.370 e. The largest absolute Gasteiger partial charge is 0.370 e. The molecule has 0 radical (unpaired) electrons. The predicted octanol–water partition coefficient (Wildman–Crippen LogP) is 6.14. The van der Waals surface area contributed by atoms with Gasteiger partial charge in [0.05, 0.1) is 36.7 Å². The third-order valence-electron chi connectivity index (χ3n) is 16.6. The Bertz CT molecular complexity index is 2550. The first kappa shape index (κ1) is 46.5. The van der Waals surface area contributed by atoms with E-state index in [0.29, 0.717) is 123 Å². The smallest absolute Gasteiger partial charge is 0.344 e. The minimum absolute atomic E-state index is 0.0511. The van der Waals surface area contributed by atoms with Crippen LogP contribution in [0.4, 0.5) is 9.59 Å². The highest BCUT2D eigenvalue weighted by Crippen LogP contribution is 2.42. The lowest BCUT2D eigenvalue weighted by atomic mass is 10.0. The van der Waals surface area contributed by atoms with Crippen LogP contribution in [0.2, 0.25) is 10.0 Å². The summed E-state index contributed by atoms with van der Waals surface area (Å²) in [6, 6.07) is 15.2. The van der Waals surface area contributed by atoms with E-state index in [0.717, 1.165) is 67.0 Å². The summed E-state index contributed by atoms with van der Waals surface area (Å²) in [5.41, 5.74) is 3.91. The normalized spacial score (nSPS) is 27.2. The molecule has 69 heavy (non-hydrogen) atoms. The number of piperazine rings is 1. The summed E-state index contributed by atoms with van der Waals surface area (Å²) in [7, 11) is 4.30. The first-order valence-corrected chi connectivity index (χ1v) is 25.7. The fraction of sp³-hybridized carbons (Fsp3) is 0.569. The van der Waals surface area contributed by atoms with E-state index in [1.165, 1.54) is 34.6 Å². The van der Waals surface area contributed by atoms with Gasteiger partial charge in [-0.05, 0) is 105 Å². The maximum Gasteiger partial charge on any atom is 0.344 e. The van der Waals surface area contributed by atoms with Crippen molar-refractivity contribution in [3.63, 3.8) is 0 Å². The number of hydrogen-bond acceptors (Lipinski definition) is 10. The lowest BCUT2D eigenvalue weighted by molar-refractivity contribution is -0.0228. The Hall–Kier alpha value is -4.84. The van der Waals surface area contributed by atoms with Gasteiger partial charge in [-0.3, -0.25) is 24.3 Å². The summed E-state index contributed by atoms with van der Waals surface area (Å²) in [4.78, 5) is 68.9. The first-order valence-electron chi connectivity index (χ1n) is 25.0. The number of morpholine rings is 1. The number of nitrogens with zero attached hydrogens (tertiary/aromatic N) is 11. The molecule has 3 aliphatic carbocycles. The van der Waals surface area contributed by atoms with Gasteiger partial charge in [0.2, 0.25) is 0 Å². The number of halogens is 2. The molecule has 2 aromatic carbocycles. The lowest BCUT2D eigenvalue weighted by Gasteiger charge is -2.34. The van der Waals surface area contributed by atoms with Crippen LogP contribution in [0, 0.1) is 23.7 Å². The van der Waals surface area contributed by atoms with Crippen molar-refractivity contribution in [3.05, 3.63) is 105 Å². The third kappa shape index (κ3) is 9.69. The molecule has 4 aliphatic heterocycles. The van der Waals surface area contributed by atoms with Gasteiger partial charge in [-0.2, -0.15) is 19.6 Å². The van der Waals surface area contributed by atoms with E-state index in [-0.39, 0.29) is 30.0 Å². The average Bonchev–Trinajstić information content (AvgIpc) is 3.99. The molecule has 7 atom stereocenters. The van der Waals surface area contributed by atoms with Crippen LogP contribution >= 0.6 is 23.2 Å². The highest BCUT2D eigenvalue weighted by Gasteiger charge is 2.46. The molecule has 7 fully saturated rings. The standard InChI is InChI=1S/C51H63Cl2N11O5/c1-56(24-34-5-3-4-6-45(34)52)43-17-36-26-62(27-37(36)18-43)51(68)64-31-41(23-55-64)49(66)60-15-16-69-47(32-60)33-7-8-35(46(53)21-33)25-57(2)44-19-38-28-61(29-39(38)20-44)50(67)63-30-40(22-54-63)48(65)59-13-11-58(12-14-59)42-9-10-42/h3-8,21-23,30-31,36-39,42-44,47H,9-20,24-29,32H2,1-2H3/t36-,37+,38-,39+,43?,44?,47?. The quantitative estimate of drug-likeness (QED) is 0.183. The van der Waals surface area contributed by atoms with Gasteiger partial charge in [0.1, 0.15) is 6.10 Å². The fourth-order valence-corrected chi connectivity index (χ4v) is 12.8. The number of ether oxygens (including phenoxy) is 1.